The molecule has 2 aliphatic rings. The molecule has 28 heavy (non-hydrogen) atoms. The molecule has 0 aromatic carbocycles. The van der Waals surface area contributed by atoms with Crippen LogP contribution in [0.1, 0.15) is 67.8 Å². The molecule has 0 saturated heterocycles. The summed E-state index contributed by atoms with van der Waals surface area (Å²) in [6.07, 6.45) is 2.86. The van der Waals surface area contributed by atoms with Crippen LogP contribution in [0.2, 0.25) is 0 Å². The van der Waals surface area contributed by atoms with Gasteiger partial charge in [-0.25, -0.2) is 0 Å². The van der Waals surface area contributed by atoms with Gasteiger partial charge in [-0.3, -0.25) is 19.4 Å². The molecule has 3 rings (SSSR count). The second kappa shape index (κ2) is 7.69. The summed E-state index contributed by atoms with van der Waals surface area (Å²) < 4.78 is 5.25. The molecule has 0 radical (unpaired) electrons. The number of carbonyl (C=O) groups excluding carboxylic acids is 2. The number of aryl methyl sites for hydroxylation is 2. The fourth-order valence-corrected chi connectivity index (χ4v) is 3.83. The summed E-state index contributed by atoms with van der Waals surface area (Å²) in [7, 11) is 0. The molecule has 2 aliphatic carbocycles. The third kappa shape index (κ3) is 4.21. The number of carboxylic acid groups (broad SMARTS) is 1. The Morgan fingerprint density at radius 1 is 1.18 bits per heavy atom. The summed E-state index contributed by atoms with van der Waals surface area (Å²) in [5.74, 6) is -0.933. The monoisotopic (exact) mass is 388 g/mol. The second-order valence-corrected chi connectivity index (χ2v) is 8.12. The molecule has 0 bridgehead atoms. The number of ketones is 2. The van der Waals surface area contributed by atoms with Gasteiger partial charge >= 0.3 is 5.97 Å². The Bertz CT molecular complexity index is 891. The lowest BCUT2D eigenvalue weighted by molar-refractivity contribution is -0.135. The molecular weight excluding hydrogens is 364 g/mol. The number of aliphatic imine (C=N–C) groups is 1. The van der Waals surface area contributed by atoms with E-state index in [1.165, 1.54) is 0 Å². The lowest BCUT2D eigenvalue weighted by Crippen LogP contribution is -2.33. The molecule has 2 N–H and O–H groups in total. The summed E-state index contributed by atoms with van der Waals surface area (Å²) in [6, 6.07) is 0. The van der Waals surface area contributed by atoms with Crippen LogP contribution in [-0.4, -0.2) is 45.2 Å². The Kier molecular flexibility index (Phi) is 5.49. The van der Waals surface area contributed by atoms with E-state index in [9.17, 15) is 19.5 Å². The van der Waals surface area contributed by atoms with Crippen LogP contribution in [0.4, 0.5) is 0 Å². The molecule has 0 aliphatic heterocycles. The Morgan fingerprint density at radius 3 is 2.64 bits per heavy atom. The molecule has 0 amide bonds. The van der Waals surface area contributed by atoms with Gasteiger partial charge in [-0.05, 0) is 18.3 Å². The van der Waals surface area contributed by atoms with Crippen molar-refractivity contribution in [1.82, 2.24) is 5.16 Å². The summed E-state index contributed by atoms with van der Waals surface area (Å²) >= 11 is 0. The van der Waals surface area contributed by atoms with Crippen LogP contribution in [0.5, 0.6) is 0 Å². The van der Waals surface area contributed by atoms with E-state index in [1.807, 2.05) is 13.8 Å². The van der Waals surface area contributed by atoms with Crippen molar-refractivity contribution >= 4 is 23.2 Å². The number of aliphatic hydroxyl groups excluding tert-OH is 1. The zero-order chi connectivity index (χ0) is 20.5. The Balaban J connectivity index is 1.85. The van der Waals surface area contributed by atoms with Crippen LogP contribution in [0, 0.1) is 5.41 Å². The average molecular weight is 388 g/mol. The van der Waals surface area contributed by atoms with E-state index in [0.717, 1.165) is 6.42 Å². The third-order valence-corrected chi connectivity index (χ3v) is 5.06. The second-order valence-electron chi connectivity index (χ2n) is 8.12. The lowest BCUT2D eigenvalue weighted by Gasteiger charge is -2.31. The minimum atomic E-state index is -1.10. The highest BCUT2D eigenvalue weighted by atomic mass is 16.5. The van der Waals surface area contributed by atoms with E-state index >= 15 is 0 Å². The van der Waals surface area contributed by atoms with E-state index in [2.05, 4.69) is 10.1 Å². The number of aromatic nitrogens is 1. The van der Waals surface area contributed by atoms with Gasteiger partial charge in [0.15, 0.2) is 11.6 Å². The van der Waals surface area contributed by atoms with Crippen molar-refractivity contribution in [3.63, 3.8) is 0 Å². The van der Waals surface area contributed by atoms with Crippen molar-refractivity contribution < 1.29 is 29.1 Å². The fourth-order valence-electron chi connectivity index (χ4n) is 3.83. The minimum absolute atomic E-state index is 0.0103. The van der Waals surface area contributed by atoms with E-state index in [1.54, 1.807) is 0 Å². The van der Waals surface area contributed by atoms with Crippen molar-refractivity contribution in [1.29, 1.82) is 0 Å². The smallest absolute Gasteiger partial charge is 0.325 e. The summed E-state index contributed by atoms with van der Waals surface area (Å²) in [5, 5.41) is 23.5. The molecule has 8 heteroatoms. The molecule has 1 heterocycles. The van der Waals surface area contributed by atoms with Crippen molar-refractivity contribution in [2.45, 2.75) is 58.8 Å². The number of hydrogen-bond donors (Lipinski definition) is 2. The first-order chi connectivity index (χ1) is 13.2. The highest BCUT2D eigenvalue weighted by Crippen LogP contribution is 2.36. The van der Waals surface area contributed by atoms with Gasteiger partial charge in [0.1, 0.15) is 18.1 Å². The van der Waals surface area contributed by atoms with Gasteiger partial charge in [0.05, 0.1) is 22.5 Å². The fraction of sp³-hybridized carbons (Fsp3) is 0.550. The molecule has 1 fully saturated rings. The maximum atomic E-state index is 12.6. The van der Waals surface area contributed by atoms with Crippen LogP contribution < -0.4 is 0 Å². The predicted molar refractivity (Wildman–Crippen MR) is 99.7 cm³/mol. The van der Waals surface area contributed by atoms with Crippen LogP contribution in [0.3, 0.4) is 0 Å². The molecular formula is C20H24N2O6. The van der Waals surface area contributed by atoms with E-state index in [4.69, 9.17) is 9.63 Å². The number of aliphatic carboxylic acids is 1. The number of rotatable bonds is 5. The zero-order valence-electron chi connectivity index (χ0n) is 16.1. The van der Waals surface area contributed by atoms with Crippen molar-refractivity contribution in [3.05, 3.63) is 28.3 Å². The lowest BCUT2D eigenvalue weighted by atomic mass is 9.73. The first-order valence-corrected chi connectivity index (χ1v) is 9.39. The molecule has 0 unspecified atom stereocenters. The van der Waals surface area contributed by atoms with E-state index in [-0.39, 0.29) is 47.6 Å². The van der Waals surface area contributed by atoms with E-state index < -0.39 is 12.5 Å². The van der Waals surface area contributed by atoms with Crippen molar-refractivity contribution in [2.75, 3.05) is 6.54 Å². The quantitative estimate of drug-likeness (QED) is 0.586. The Labute approximate surface area is 162 Å². The number of allylic oxidation sites excluding steroid dienone is 2. The maximum Gasteiger partial charge on any atom is 0.325 e. The topological polar surface area (TPSA) is 130 Å². The molecule has 1 saturated carbocycles. The largest absolute Gasteiger partial charge is 0.511 e. The maximum absolute atomic E-state index is 12.6. The number of carbonyl (C=O) groups is 3. The first-order valence-electron chi connectivity index (χ1n) is 9.39. The minimum Gasteiger partial charge on any atom is -0.511 e. The molecule has 8 nitrogen and oxygen atoms in total. The molecule has 0 spiro atoms. The molecule has 0 atom stereocenters. The van der Waals surface area contributed by atoms with Gasteiger partial charge in [-0.2, -0.15) is 0 Å². The van der Waals surface area contributed by atoms with Crippen LogP contribution >= 0.6 is 0 Å². The van der Waals surface area contributed by atoms with Gasteiger partial charge in [0.2, 0.25) is 0 Å². The summed E-state index contributed by atoms with van der Waals surface area (Å²) in [5.41, 5.74) is 1.05. The van der Waals surface area contributed by atoms with Crippen LogP contribution in [0.15, 0.2) is 20.8 Å². The van der Waals surface area contributed by atoms with Gasteiger partial charge in [0, 0.05) is 32.1 Å². The third-order valence-electron chi connectivity index (χ3n) is 5.06. The number of hydrogen-bond acceptors (Lipinski definition) is 7. The van der Waals surface area contributed by atoms with Gasteiger partial charge in [-0.15, -0.1) is 0 Å². The molecule has 1 aromatic heterocycles. The number of Topliss-reactive ketones (excluding diaryl/α,β-unsaturated/α-hetero) is 2. The van der Waals surface area contributed by atoms with Gasteiger partial charge in [-0.1, -0.05) is 19.0 Å². The van der Waals surface area contributed by atoms with Gasteiger partial charge < -0.3 is 14.7 Å². The predicted octanol–water partition coefficient (Wildman–Crippen LogP) is 2.85. The first kappa shape index (κ1) is 20.0. The standard InChI is InChI=1S/C20H24N2O6/c1-20(2)8-12(21-10-17(26)27)18(15(25)9-20)14(24)7-6-11-19-13(23)4-3-5-16(19)28-22-11/h24H,3-10H2,1-2H3,(H,26,27)/b18-14-,21-12?. The Morgan fingerprint density at radius 2 is 1.93 bits per heavy atom. The number of carboxylic acids is 1. The van der Waals surface area contributed by atoms with Gasteiger partial charge in [0.25, 0.3) is 0 Å². The van der Waals surface area contributed by atoms with Crippen molar-refractivity contribution in [2.24, 2.45) is 10.4 Å². The van der Waals surface area contributed by atoms with Crippen LogP contribution in [-0.2, 0) is 22.4 Å². The highest BCUT2D eigenvalue weighted by molar-refractivity contribution is 6.24. The average Bonchev–Trinajstić information content (AvgIpc) is 3.01. The molecule has 150 valence electrons. The Hall–Kier alpha value is -2.77. The van der Waals surface area contributed by atoms with E-state index in [0.29, 0.717) is 42.0 Å². The summed E-state index contributed by atoms with van der Waals surface area (Å²) in [4.78, 5) is 39.7. The van der Waals surface area contributed by atoms with Crippen molar-refractivity contribution in [3.8, 4) is 0 Å². The normalized spacial score (nSPS) is 22.3. The SMILES string of the molecule is CC1(C)CC(=O)/C(=C(\O)CCc2noc3c2C(=O)CCC3)C(=NCC(=O)O)C1. The number of fused-ring (bicyclic) bond motifs is 1. The highest BCUT2D eigenvalue weighted by Gasteiger charge is 2.36. The number of nitrogens with zero attached hydrogens (tertiary/aromatic N) is 2. The van der Waals surface area contributed by atoms with Crippen LogP contribution in [0.25, 0.3) is 0 Å². The zero-order valence-corrected chi connectivity index (χ0v) is 16.1. The summed E-state index contributed by atoms with van der Waals surface area (Å²) in [6.45, 7) is 3.35. The number of aliphatic hydroxyl groups is 1. The molecule has 1 aromatic rings.